The van der Waals surface area contributed by atoms with Gasteiger partial charge in [0.15, 0.2) is 0 Å². The first kappa shape index (κ1) is 11.4. The van der Waals surface area contributed by atoms with Crippen molar-refractivity contribution in [3.63, 3.8) is 0 Å². The van der Waals surface area contributed by atoms with Crippen LogP contribution in [-0.2, 0) is 11.2 Å². The number of carboxylic acid groups (broad SMARTS) is 1. The zero-order valence-corrected chi connectivity index (χ0v) is 9.19. The van der Waals surface area contributed by atoms with Crippen LogP contribution < -0.4 is 4.90 Å². The molecule has 1 N–H and O–H groups in total. The highest BCUT2D eigenvalue weighted by molar-refractivity contribution is 5.72. The molecule has 1 rings (SSSR count). The van der Waals surface area contributed by atoms with Crippen LogP contribution in [0.15, 0.2) is 6.07 Å². The third-order valence-corrected chi connectivity index (χ3v) is 1.97. The molecule has 5 nitrogen and oxygen atoms in total. The molecule has 0 aliphatic heterocycles. The molecule has 0 unspecified atom stereocenters. The maximum atomic E-state index is 10.5. The van der Waals surface area contributed by atoms with E-state index in [1.54, 1.807) is 18.0 Å². The van der Waals surface area contributed by atoms with E-state index in [9.17, 15) is 4.79 Å². The van der Waals surface area contributed by atoms with Crippen LogP contribution in [0.4, 0.5) is 5.82 Å². The first-order valence-electron chi connectivity index (χ1n) is 4.80. The van der Waals surface area contributed by atoms with Crippen molar-refractivity contribution in [3.05, 3.63) is 17.6 Å². The summed E-state index contributed by atoms with van der Waals surface area (Å²) in [5.74, 6) is 0.524. The lowest BCUT2D eigenvalue weighted by molar-refractivity contribution is -0.135. The Morgan fingerprint density at radius 3 is 2.73 bits per heavy atom. The number of rotatable bonds is 4. The van der Waals surface area contributed by atoms with Crippen molar-refractivity contribution >= 4 is 11.8 Å². The number of anilines is 1. The van der Waals surface area contributed by atoms with Crippen molar-refractivity contribution in [2.75, 3.05) is 18.5 Å². The van der Waals surface area contributed by atoms with Gasteiger partial charge in [0.2, 0.25) is 0 Å². The smallest absolute Gasteiger partial charge is 0.323 e. The Labute approximate surface area is 88.8 Å². The maximum absolute atomic E-state index is 10.5. The van der Waals surface area contributed by atoms with E-state index in [-0.39, 0.29) is 6.54 Å². The molecule has 1 aromatic rings. The van der Waals surface area contributed by atoms with E-state index in [4.69, 9.17) is 5.11 Å². The minimum Gasteiger partial charge on any atom is -0.480 e. The van der Waals surface area contributed by atoms with Crippen LogP contribution in [0.25, 0.3) is 0 Å². The largest absolute Gasteiger partial charge is 0.480 e. The van der Waals surface area contributed by atoms with E-state index in [1.165, 1.54) is 0 Å². The number of hydrogen-bond acceptors (Lipinski definition) is 4. The van der Waals surface area contributed by atoms with Gasteiger partial charge in [-0.2, -0.15) is 0 Å². The Hall–Kier alpha value is -1.65. The number of carboxylic acids is 1. The lowest BCUT2D eigenvalue weighted by Crippen LogP contribution is -2.26. The van der Waals surface area contributed by atoms with E-state index in [2.05, 4.69) is 9.97 Å². The topological polar surface area (TPSA) is 66.3 Å². The van der Waals surface area contributed by atoms with E-state index in [0.29, 0.717) is 5.82 Å². The normalized spacial score (nSPS) is 10.1. The lowest BCUT2D eigenvalue weighted by atomic mass is 10.3. The second-order valence-electron chi connectivity index (χ2n) is 3.39. The summed E-state index contributed by atoms with van der Waals surface area (Å²) >= 11 is 0. The summed E-state index contributed by atoms with van der Waals surface area (Å²) < 4.78 is 0. The molecule has 0 aliphatic carbocycles. The van der Waals surface area contributed by atoms with Gasteiger partial charge in [0, 0.05) is 25.2 Å². The van der Waals surface area contributed by atoms with Gasteiger partial charge >= 0.3 is 5.97 Å². The van der Waals surface area contributed by atoms with Gasteiger partial charge in [-0.3, -0.25) is 4.79 Å². The number of aliphatic carboxylic acids is 1. The Balaban J connectivity index is 2.92. The van der Waals surface area contributed by atoms with Crippen molar-refractivity contribution in [1.82, 2.24) is 9.97 Å². The van der Waals surface area contributed by atoms with Crippen LogP contribution in [0.5, 0.6) is 0 Å². The fourth-order valence-electron chi connectivity index (χ4n) is 1.25. The van der Waals surface area contributed by atoms with Crippen molar-refractivity contribution in [2.24, 2.45) is 0 Å². The summed E-state index contributed by atoms with van der Waals surface area (Å²) in [5.41, 5.74) is 0.856. The summed E-state index contributed by atoms with van der Waals surface area (Å²) in [6.45, 7) is 3.79. The third kappa shape index (κ3) is 3.19. The number of aromatic nitrogens is 2. The van der Waals surface area contributed by atoms with Gasteiger partial charge in [-0.25, -0.2) is 9.97 Å². The van der Waals surface area contributed by atoms with Gasteiger partial charge in [0.25, 0.3) is 0 Å². The van der Waals surface area contributed by atoms with Crippen LogP contribution in [-0.4, -0.2) is 34.6 Å². The molecule has 0 saturated heterocycles. The van der Waals surface area contributed by atoms with E-state index in [1.807, 2.05) is 13.8 Å². The number of likely N-dealkylation sites (N-methyl/N-ethyl adjacent to an activating group) is 1. The van der Waals surface area contributed by atoms with Crippen LogP contribution in [0, 0.1) is 6.92 Å². The van der Waals surface area contributed by atoms with Gasteiger partial charge in [-0.15, -0.1) is 0 Å². The SMILES string of the molecule is CCc1nc(C)cc(N(C)CC(=O)O)n1. The number of aryl methyl sites for hydroxylation is 2. The summed E-state index contributed by atoms with van der Waals surface area (Å²) in [4.78, 5) is 20.6. The van der Waals surface area contributed by atoms with Crippen LogP contribution in [0.3, 0.4) is 0 Å². The molecular formula is C10H15N3O2. The molecule has 0 bridgehead atoms. The molecule has 82 valence electrons. The molecule has 0 radical (unpaired) electrons. The number of hydrogen-bond donors (Lipinski definition) is 1. The van der Waals surface area contributed by atoms with Gasteiger partial charge in [-0.05, 0) is 6.92 Å². The quantitative estimate of drug-likeness (QED) is 0.797. The zero-order chi connectivity index (χ0) is 11.4. The average molecular weight is 209 g/mol. The molecule has 0 spiro atoms. The maximum Gasteiger partial charge on any atom is 0.323 e. The minimum absolute atomic E-state index is 0.0559. The second kappa shape index (κ2) is 4.72. The predicted molar refractivity (Wildman–Crippen MR) is 57.1 cm³/mol. The van der Waals surface area contributed by atoms with Crippen LogP contribution >= 0.6 is 0 Å². The summed E-state index contributed by atoms with van der Waals surface area (Å²) in [5, 5.41) is 8.66. The Bertz CT molecular complexity index is 366. The minimum atomic E-state index is -0.869. The highest BCUT2D eigenvalue weighted by atomic mass is 16.4. The molecule has 0 fully saturated rings. The van der Waals surface area contributed by atoms with Crippen molar-refractivity contribution in [3.8, 4) is 0 Å². The van der Waals surface area contributed by atoms with E-state index in [0.717, 1.165) is 17.9 Å². The Morgan fingerprint density at radius 2 is 2.20 bits per heavy atom. The number of carbonyl (C=O) groups is 1. The fourth-order valence-corrected chi connectivity index (χ4v) is 1.25. The molecule has 0 amide bonds. The Morgan fingerprint density at radius 1 is 1.53 bits per heavy atom. The Kier molecular flexibility index (Phi) is 3.60. The standard InChI is InChI=1S/C10H15N3O2/c1-4-8-11-7(2)5-9(12-8)13(3)6-10(14)15/h5H,4,6H2,1-3H3,(H,14,15). The first-order chi connectivity index (χ1) is 7.02. The zero-order valence-electron chi connectivity index (χ0n) is 9.19. The van der Waals surface area contributed by atoms with Gasteiger partial charge in [-0.1, -0.05) is 6.92 Å². The van der Waals surface area contributed by atoms with Gasteiger partial charge in [0.1, 0.15) is 18.2 Å². The third-order valence-electron chi connectivity index (χ3n) is 1.97. The second-order valence-corrected chi connectivity index (χ2v) is 3.39. The summed E-state index contributed by atoms with van der Waals surface area (Å²) in [6.07, 6.45) is 0.746. The monoisotopic (exact) mass is 209 g/mol. The van der Waals surface area contributed by atoms with Crippen LogP contribution in [0.2, 0.25) is 0 Å². The molecule has 0 saturated carbocycles. The predicted octanol–water partition coefficient (Wildman–Crippen LogP) is 0.868. The molecule has 1 aromatic heterocycles. The van der Waals surface area contributed by atoms with E-state index >= 15 is 0 Å². The molecule has 5 heteroatoms. The fraction of sp³-hybridized carbons (Fsp3) is 0.500. The van der Waals surface area contributed by atoms with Crippen molar-refractivity contribution in [1.29, 1.82) is 0 Å². The average Bonchev–Trinajstić information content (AvgIpc) is 2.15. The molecular weight excluding hydrogens is 194 g/mol. The van der Waals surface area contributed by atoms with Crippen molar-refractivity contribution < 1.29 is 9.90 Å². The molecule has 0 aliphatic rings. The first-order valence-corrected chi connectivity index (χ1v) is 4.80. The summed E-state index contributed by atoms with van der Waals surface area (Å²) in [6, 6.07) is 1.78. The highest BCUT2D eigenvalue weighted by Crippen LogP contribution is 2.10. The summed E-state index contributed by atoms with van der Waals surface area (Å²) in [7, 11) is 1.70. The van der Waals surface area contributed by atoms with Gasteiger partial charge in [0.05, 0.1) is 0 Å². The molecule has 15 heavy (non-hydrogen) atoms. The van der Waals surface area contributed by atoms with E-state index < -0.39 is 5.97 Å². The van der Waals surface area contributed by atoms with Crippen molar-refractivity contribution in [2.45, 2.75) is 20.3 Å². The molecule has 0 atom stereocenters. The van der Waals surface area contributed by atoms with Crippen LogP contribution in [0.1, 0.15) is 18.4 Å². The number of nitrogens with zero attached hydrogens (tertiary/aromatic N) is 3. The molecule has 0 aromatic carbocycles. The highest BCUT2D eigenvalue weighted by Gasteiger charge is 2.08. The molecule has 1 heterocycles. The van der Waals surface area contributed by atoms with Gasteiger partial charge < -0.3 is 10.0 Å². The lowest BCUT2D eigenvalue weighted by Gasteiger charge is -2.16.